The normalized spacial score (nSPS) is 10.7. The van der Waals surface area contributed by atoms with Crippen molar-refractivity contribution in [3.05, 3.63) is 66.7 Å². The summed E-state index contributed by atoms with van der Waals surface area (Å²) in [6, 6.07) is 3.63. The van der Waals surface area contributed by atoms with Crippen LogP contribution in [0.25, 0.3) is 0 Å². The molecule has 10 heteroatoms. The number of thiophene rings is 1. The van der Waals surface area contributed by atoms with Crippen LogP contribution >= 0.6 is 11.3 Å². The van der Waals surface area contributed by atoms with E-state index in [1.54, 1.807) is 13.0 Å². The molecule has 0 fully saturated rings. The molecule has 0 bridgehead atoms. The molecule has 0 saturated heterocycles. The zero-order chi connectivity index (χ0) is 17.1. The van der Waals surface area contributed by atoms with Crippen molar-refractivity contribution in [2.24, 2.45) is 0 Å². The van der Waals surface area contributed by atoms with Gasteiger partial charge in [-0.15, -0.1) is 11.3 Å². The summed E-state index contributed by atoms with van der Waals surface area (Å²) < 4.78 is 5.86. The van der Waals surface area contributed by atoms with Crippen LogP contribution in [0.15, 0.2) is 37.8 Å². The van der Waals surface area contributed by atoms with Crippen LogP contribution in [0.5, 0.6) is 0 Å². The average molecular weight is 347 g/mol. The molecule has 0 spiro atoms. The summed E-state index contributed by atoms with van der Waals surface area (Å²) in [7, 11) is 0. The number of aryl methyl sites for hydroxylation is 1. The molecule has 0 aromatic carbocycles. The van der Waals surface area contributed by atoms with Crippen molar-refractivity contribution in [3.8, 4) is 0 Å². The van der Waals surface area contributed by atoms with Gasteiger partial charge in [-0.2, -0.15) is 4.98 Å². The molecule has 3 aromatic rings. The van der Waals surface area contributed by atoms with Crippen LogP contribution in [-0.4, -0.2) is 25.6 Å². The topological polar surface area (TPSA) is 123 Å². The average Bonchev–Trinajstić information content (AvgIpc) is 3.20. The van der Waals surface area contributed by atoms with Gasteiger partial charge in [-0.3, -0.25) is 14.2 Å². The summed E-state index contributed by atoms with van der Waals surface area (Å²) >= 11 is 1.42. The van der Waals surface area contributed by atoms with Gasteiger partial charge in [0.1, 0.15) is 5.56 Å². The van der Waals surface area contributed by atoms with Gasteiger partial charge in [0, 0.05) is 11.1 Å². The zero-order valence-electron chi connectivity index (χ0n) is 12.6. The Bertz CT molecular complexity index is 970. The Morgan fingerprint density at radius 2 is 2.29 bits per heavy atom. The van der Waals surface area contributed by atoms with Crippen LogP contribution < -0.4 is 16.6 Å². The first-order valence-electron chi connectivity index (χ1n) is 6.97. The maximum atomic E-state index is 12.4. The molecular formula is C14H13N5O4S. The molecule has 3 heterocycles. The maximum absolute atomic E-state index is 12.4. The highest BCUT2D eigenvalue weighted by Crippen LogP contribution is 2.08. The van der Waals surface area contributed by atoms with E-state index in [-0.39, 0.29) is 24.5 Å². The molecular weight excluding hydrogens is 334 g/mol. The van der Waals surface area contributed by atoms with Gasteiger partial charge in [0.2, 0.25) is 5.89 Å². The molecule has 124 valence electrons. The van der Waals surface area contributed by atoms with Crippen molar-refractivity contribution in [1.29, 1.82) is 0 Å². The molecule has 1 amide bonds. The first-order chi connectivity index (χ1) is 11.5. The quantitative estimate of drug-likeness (QED) is 0.683. The number of hydrogen-bond donors (Lipinski definition) is 2. The molecule has 2 N–H and O–H groups in total. The molecule has 9 nitrogen and oxygen atoms in total. The van der Waals surface area contributed by atoms with Gasteiger partial charge in [-0.1, -0.05) is 11.2 Å². The molecule has 0 aliphatic heterocycles. The van der Waals surface area contributed by atoms with Crippen LogP contribution in [0.1, 0.15) is 27.0 Å². The smallest absolute Gasteiger partial charge is 0.328 e. The summed E-state index contributed by atoms with van der Waals surface area (Å²) in [5, 5.41) is 7.95. The third-order valence-electron chi connectivity index (χ3n) is 3.17. The number of hydrogen-bond acceptors (Lipinski definition) is 7. The summed E-state index contributed by atoms with van der Waals surface area (Å²) in [6.45, 7) is 1.75. The lowest BCUT2D eigenvalue weighted by molar-refractivity contribution is 0.0943. The van der Waals surface area contributed by atoms with Crippen LogP contribution in [0.3, 0.4) is 0 Å². The highest BCUT2D eigenvalue weighted by atomic mass is 32.1. The first kappa shape index (κ1) is 15.9. The van der Waals surface area contributed by atoms with Gasteiger partial charge in [-0.25, -0.2) is 4.79 Å². The van der Waals surface area contributed by atoms with Crippen LogP contribution in [0.2, 0.25) is 0 Å². The second-order valence-electron chi connectivity index (χ2n) is 4.90. The lowest BCUT2D eigenvalue weighted by Gasteiger charge is -2.06. The summed E-state index contributed by atoms with van der Waals surface area (Å²) in [6.07, 6.45) is 1.10. The highest BCUT2D eigenvalue weighted by molar-refractivity contribution is 7.09. The minimum atomic E-state index is -0.661. The van der Waals surface area contributed by atoms with Crippen molar-refractivity contribution >= 4 is 17.2 Å². The minimum Gasteiger partial charge on any atom is -0.343 e. The van der Waals surface area contributed by atoms with E-state index in [0.717, 1.165) is 15.6 Å². The van der Waals surface area contributed by atoms with E-state index in [0.29, 0.717) is 5.82 Å². The van der Waals surface area contributed by atoms with Gasteiger partial charge >= 0.3 is 5.69 Å². The molecule has 0 aliphatic rings. The van der Waals surface area contributed by atoms with Crippen LogP contribution in [0, 0.1) is 6.92 Å². The fraction of sp³-hybridized carbons (Fsp3) is 0.214. The van der Waals surface area contributed by atoms with Gasteiger partial charge in [0.25, 0.3) is 11.5 Å². The number of aromatic nitrogens is 4. The number of nitrogens with zero attached hydrogens (tertiary/aromatic N) is 3. The molecule has 3 aromatic heterocycles. The van der Waals surface area contributed by atoms with E-state index in [4.69, 9.17) is 4.52 Å². The minimum absolute atomic E-state index is 0.0107. The van der Waals surface area contributed by atoms with Gasteiger partial charge in [-0.05, 0) is 18.4 Å². The Kier molecular flexibility index (Phi) is 4.38. The van der Waals surface area contributed by atoms with Crippen molar-refractivity contribution in [2.45, 2.75) is 20.0 Å². The monoisotopic (exact) mass is 347 g/mol. The van der Waals surface area contributed by atoms with Crippen molar-refractivity contribution < 1.29 is 9.32 Å². The Morgan fingerprint density at radius 1 is 1.46 bits per heavy atom. The predicted molar refractivity (Wildman–Crippen MR) is 84.9 cm³/mol. The van der Waals surface area contributed by atoms with Gasteiger partial charge in [0.05, 0.1) is 13.1 Å². The SMILES string of the molecule is Cc1noc(CNC(=O)c2c[nH]c(=O)n(Cc3cccs3)c2=O)n1. The number of H-pyrrole nitrogens is 1. The molecule has 24 heavy (non-hydrogen) atoms. The van der Waals surface area contributed by atoms with E-state index in [2.05, 4.69) is 20.4 Å². The lowest BCUT2D eigenvalue weighted by atomic mass is 10.3. The first-order valence-corrected chi connectivity index (χ1v) is 7.85. The number of carbonyl (C=O) groups is 1. The van der Waals surface area contributed by atoms with E-state index in [9.17, 15) is 14.4 Å². The van der Waals surface area contributed by atoms with Gasteiger partial charge < -0.3 is 14.8 Å². The lowest BCUT2D eigenvalue weighted by Crippen LogP contribution is -2.40. The Hall–Kier alpha value is -3.01. The zero-order valence-corrected chi connectivity index (χ0v) is 13.4. The number of nitrogens with one attached hydrogen (secondary N) is 2. The number of rotatable bonds is 5. The molecule has 0 unspecified atom stereocenters. The van der Waals surface area contributed by atoms with E-state index >= 15 is 0 Å². The van der Waals surface area contributed by atoms with E-state index < -0.39 is 17.2 Å². The third kappa shape index (κ3) is 3.33. The summed E-state index contributed by atoms with van der Waals surface area (Å²) in [4.78, 5) is 43.6. The molecule has 0 radical (unpaired) electrons. The number of aromatic amines is 1. The molecule has 0 aliphatic carbocycles. The largest absolute Gasteiger partial charge is 0.343 e. The van der Waals surface area contributed by atoms with Crippen LogP contribution in [-0.2, 0) is 13.1 Å². The van der Waals surface area contributed by atoms with Crippen molar-refractivity contribution in [3.63, 3.8) is 0 Å². The van der Waals surface area contributed by atoms with Gasteiger partial charge in [0.15, 0.2) is 5.82 Å². The number of amides is 1. The number of carbonyl (C=O) groups excluding carboxylic acids is 1. The Morgan fingerprint density at radius 3 is 2.96 bits per heavy atom. The second kappa shape index (κ2) is 6.62. The Labute approximate surface area is 139 Å². The summed E-state index contributed by atoms with van der Waals surface area (Å²) in [5.41, 5.74) is -1.40. The highest BCUT2D eigenvalue weighted by Gasteiger charge is 2.16. The van der Waals surface area contributed by atoms with E-state index in [1.165, 1.54) is 11.3 Å². The van der Waals surface area contributed by atoms with E-state index in [1.807, 2.05) is 11.4 Å². The standard InChI is InChI=1S/C14H13N5O4S/c1-8-17-11(23-18-8)6-15-12(20)10-5-16-14(22)19(13(10)21)7-9-3-2-4-24-9/h2-5H,6-7H2,1H3,(H,15,20)(H,16,22). The fourth-order valence-corrected chi connectivity index (χ4v) is 2.73. The third-order valence-corrected chi connectivity index (χ3v) is 4.03. The fourth-order valence-electron chi connectivity index (χ4n) is 2.04. The molecule has 0 atom stereocenters. The second-order valence-corrected chi connectivity index (χ2v) is 5.93. The molecule has 0 saturated carbocycles. The van der Waals surface area contributed by atoms with Crippen molar-refractivity contribution in [1.82, 2.24) is 25.0 Å². The van der Waals surface area contributed by atoms with Crippen LogP contribution in [0.4, 0.5) is 0 Å². The maximum Gasteiger partial charge on any atom is 0.328 e. The van der Waals surface area contributed by atoms with Crippen molar-refractivity contribution in [2.75, 3.05) is 0 Å². The predicted octanol–water partition coefficient (Wildman–Crippen LogP) is 0.268. The molecule has 3 rings (SSSR count). The summed E-state index contributed by atoms with van der Waals surface area (Å²) in [5.74, 6) is 0.0396. The Balaban J connectivity index is 1.81.